The predicted octanol–water partition coefficient (Wildman–Crippen LogP) is 8.26. The lowest BCUT2D eigenvalue weighted by Crippen LogP contribution is -2.31. The van der Waals surface area contributed by atoms with Gasteiger partial charge in [0.15, 0.2) is 0 Å². The SMILES string of the molecule is C=C(C1=CCCCC1)/C(=C\c1ccccc1)C(CCCCCC)NCc1ccccc1. The second-order valence-corrected chi connectivity index (χ2v) is 8.73. The largest absolute Gasteiger partial charge is 0.306 e. The molecule has 0 heterocycles. The molecular weight excluding hydrogens is 374 g/mol. The molecule has 2 aromatic rings. The molecule has 0 aromatic heterocycles. The van der Waals surface area contributed by atoms with E-state index in [9.17, 15) is 0 Å². The van der Waals surface area contributed by atoms with Crippen molar-refractivity contribution in [3.05, 3.63) is 101 Å². The molecule has 0 saturated heterocycles. The standard InChI is InChI=1S/C30H39N/c1-3-4-5-15-22-30(31-24-27-18-11-7-12-19-27)29(23-26-16-9-6-10-17-26)25(2)28-20-13-8-14-21-28/h6-7,9-12,16-20,23,30-31H,2-5,8,13-15,21-22,24H2,1H3/b29-23+. The zero-order valence-corrected chi connectivity index (χ0v) is 19.3. The highest BCUT2D eigenvalue weighted by Gasteiger charge is 2.20. The summed E-state index contributed by atoms with van der Waals surface area (Å²) < 4.78 is 0. The van der Waals surface area contributed by atoms with Gasteiger partial charge in [0.05, 0.1) is 0 Å². The fourth-order valence-corrected chi connectivity index (χ4v) is 4.40. The van der Waals surface area contributed by atoms with Crippen LogP contribution in [0.2, 0.25) is 0 Å². The van der Waals surface area contributed by atoms with Crippen LogP contribution < -0.4 is 5.32 Å². The van der Waals surface area contributed by atoms with Crippen molar-refractivity contribution in [1.82, 2.24) is 5.32 Å². The number of hydrogen-bond acceptors (Lipinski definition) is 1. The van der Waals surface area contributed by atoms with Gasteiger partial charge in [0.25, 0.3) is 0 Å². The molecule has 1 aliphatic rings. The van der Waals surface area contributed by atoms with Crippen LogP contribution in [0, 0.1) is 0 Å². The number of rotatable bonds is 12. The van der Waals surface area contributed by atoms with E-state index in [-0.39, 0.29) is 0 Å². The minimum Gasteiger partial charge on any atom is -0.306 e. The van der Waals surface area contributed by atoms with Crippen molar-refractivity contribution in [2.24, 2.45) is 0 Å². The van der Waals surface area contributed by atoms with Crippen LogP contribution in [0.15, 0.2) is 90.0 Å². The lowest BCUT2D eigenvalue weighted by Gasteiger charge is -2.27. The summed E-state index contributed by atoms with van der Waals surface area (Å²) in [5.41, 5.74) is 6.66. The molecule has 2 aromatic carbocycles. The number of nitrogens with one attached hydrogen (secondary N) is 1. The quantitative estimate of drug-likeness (QED) is 0.273. The van der Waals surface area contributed by atoms with Gasteiger partial charge in [0, 0.05) is 12.6 Å². The maximum Gasteiger partial charge on any atom is 0.0329 e. The van der Waals surface area contributed by atoms with Crippen LogP contribution >= 0.6 is 0 Å². The van der Waals surface area contributed by atoms with E-state index in [2.05, 4.69) is 91.6 Å². The van der Waals surface area contributed by atoms with Crippen molar-refractivity contribution in [3.63, 3.8) is 0 Å². The van der Waals surface area contributed by atoms with Gasteiger partial charge in [-0.25, -0.2) is 0 Å². The van der Waals surface area contributed by atoms with Gasteiger partial charge in [-0.05, 0) is 66.0 Å². The van der Waals surface area contributed by atoms with Gasteiger partial charge in [-0.3, -0.25) is 0 Å². The van der Waals surface area contributed by atoms with Crippen molar-refractivity contribution in [3.8, 4) is 0 Å². The molecule has 0 radical (unpaired) electrons. The molecular formula is C30H39N. The van der Waals surface area contributed by atoms with Crippen molar-refractivity contribution < 1.29 is 0 Å². The highest BCUT2D eigenvalue weighted by Crippen LogP contribution is 2.32. The first-order valence-electron chi connectivity index (χ1n) is 12.2. The minimum atomic E-state index is 0.313. The second kappa shape index (κ2) is 13.1. The third-order valence-electron chi connectivity index (χ3n) is 6.27. The predicted molar refractivity (Wildman–Crippen MR) is 136 cm³/mol. The lowest BCUT2D eigenvalue weighted by atomic mass is 9.85. The molecule has 1 atom stereocenters. The molecule has 1 nitrogen and oxygen atoms in total. The van der Waals surface area contributed by atoms with Gasteiger partial charge < -0.3 is 5.32 Å². The van der Waals surface area contributed by atoms with Crippen LogP contribution in [-0.2, 0) is 6.54 Å². The molecule has 0 amide bonds. The lowest BCUT2D eigenvalue weighted by molar-refractivity contribution is 0.503. The van der Waals surface area contributed by atoms with Crippen molar-refractivity contribution in [2.45, 2.75) is 77.3 Å². The molecule has 0 spiro atoms. The van der Waals surface area contributed by atoms with Gasteiger partial charge in [-0.1, -0.05) is 106 Å². The summed E-state index contributed by atoms with van der Waals surface area (Å²) in [5.74, 6) is 0. The van der Waals surface area contributed by atoms with E-state index in [1.54, 1.807) is 0 Å². The molecule has 1 aliphatic carbocycles. The van der Waals surface area contributed by atoms with Gasteiger partial charge in [0.2, 0.25) is 0 Å². The first kappa shape index (κ1) is 23.3. The molecule has 1 N–H and O–H groups in total. The van der Waals surface area contributed by atoms with E-state index in [0.29, 0.717) is 6.04 Å². The van der Waals surface area contributed by atoms with Crippen molar-refractivity contribution in [1.29, 1.82) is 0 Å². The van der Waals surface area contributed by atoms with E-state index >= 15 is 0 Å². The molecule has 0 aliphatic heterocycles. The molecule has 164 valence electrons. The van der Waals surface area contributed by atoms with Crippen LogP contribution in [0.25, 0.3) is 6.08 Å². The van der Waals surface area contributed by atoms with E-state index in [1.807, 2.05) is 0 Å². The van der Waals surface area contributed by atoms with Gasteiger partial charge in [-0.15, -0.1) is 0 Å². The summed E-state index contributed by atoms with van der Waals surface area (Å²) in [6, 6.07) is 21.8. The smallest absolute Gasteiger partial charge is 0.0329 e. The molecule has 1 unspecified atom stereocenters. The second-order valence-electron chi connectivity index (χ2n) is 8.73. The minimum absolute atomic E-state index is 0.313. The van der Waals surface area contributed by atoms with Gasteiger partial charge in [-0.2, -0.15) is 0 Å². The summed E-state index contributed by atoms with van der Waals surface area (Å²) in [7, 11) is 0. The molecule has 0 saturated carbocycles. The van der Waals surface area contributed by atoms with Crippen LogP contribution in [0.3, 0.4) is 0 Å². The molecule has 3 rings (SSSR count). The summed E-state index contributed by atoms with van der Waals surface area (Å²) in [4.78, 5) is 0. The molecule has 1 heteroatoms. The Morgan fingerprint density at radius 2 is 1.71 bits per heavy atom. The summed E-state index contributed by atoms with van der Waals surface area (Å²) in [6.07, 6.45) is 16.0. The molecule has 0 fully saturated rings. The Hall–Kier alpha value is -2.38. The third-order valence-corrected chi connectivity index (χ3v) is 6.27. The number of unbranched alkanes of at least 4 members (excludes halogenated alkanes) is 3. The Morgan fingerprint density at radius 1 is 0.968 bits per heavy atom. The topological polar surface area (TPSA) is 12.0 Å². The Labute approximate surface area is 190 Å². The fraction of sp³-hybridized carbons (Fsp3) is 0.400. The van der Waals surface area contributed by atoms with Gasteiger partial charge >= 0.3 is 0 Å². The highest BCUT2D eigenvalue weighted by molar-refractivity contribution is 5.64. The van der Waals surface area contributed by atoms with E-state index in [0.717, 1.165) is 19.4 Å². The fourth-order valence-electron chi connectivity index (χ4n) is 4.40. The van der Waals surface area contributed by atoms with E-state index in [1.165, 1.54) is 72.8 Å². The van der Waals surface area contributed by atoms with Gasteiger partial charge in [0.1, 0.15) is 0 Å². The Balaban J connectivity index is 1.87. The summed E-state index contributed by atoms with van der Waals surface area (Å²) in [6.45, 7) is 7.79. The number of hydrogen-bond donors (Lipinski definition) is 1. The molecule has 0 bridgehead atoms. The Kier molecular flexibility index (Phi) is 9.86. The van der Waals surface area contributed by atoms with Crippen LogP contribution in [0.4, 0.5) is 0 Å². The van der Waals surface area contributed by atoms with E-state index < -0.39 is 0 Å². The summed E-state index contributed by atoms with van der Waals surface area (Å²) >= 11 is 0. The third kappa shape index (κ3) is 7.67. The van der Waals surface area contributed by atoms with Crippen LogP contribution in [0.5, 0.6) is 0 Å². The van der Waals surface area contributed by atoms with Crippen LogP contribution in [0.1, 0.15) is 75.8 Å². The summed E-state index contributed by atoms with van der Waals surface area (Å²) in [5, 5.41) is 3.90. The van der Waals surface area contributed by atoms with Crippen molar-refractivity contribution >= 4 is 6.08 Å². The average molecular weight is 414 g/mol. The zero-order valence-electron chi connectivity index (χ0n) is 19.3. The maximum absolute atomic E-state index is 4.62. The number of allylic oxidation sites excluding steroid dienone is 2. The van der Waals surface area contributed by atoms with Crippen molar-refractivity contribution in [2.75, 3.05) is 0 Å². The van der Waals surface area contributed by atoms with Crippen LogP contribution in [-0.4, -0.2) is 6.04 Å². The Morgan fingerprint density at radius 3 is 2.39 bits per heavy atom. The molecule has 31 heavy (non-hydrogen) atoms. The normalized spacial score (nSPS) is 15.4. The highest BCUT2D eigenvalue weighted by atomic mass is 14.9. The Bertz CT molecular complexity index is 844. The first-order valence-corrected chi connectivity index (χ1v) is 12.2. The van der Waals surface area contributed by atoms with E-state index in [4.69, 9.17) is 0 Å². The first-order chi connectivity index (χ1) is 15.3. The monoisotopic (exact) mass is 413 g/mol. The maximum atomic E-state index is 4.62. The average Bonchev–Trinajstić information content (AvgIpc) is 2.84. The zero-order chi connectivity index (χ0) is 21.7. The number of benzene rings is 2.